The van der Waals surface area contributed by atoms with Crippen molar-refractivity contribution in [3.8, 4) is 11.5 Å². The molecular weight excluding hydrogens is 364 g/mol. The van der Waals surface area contributed by atoms with Crippen LogP contribution in [0.15, 0.2) is 42.5 Å². The van der Waals surface area contributed by atoms with E-state index < -0.39 is 0 Å². The van der Waals surface area contributed by atoms with Crippen molar-refractivity contribution < 1.29 is 14.3 Å². The minimum absolute atomic E-state index is 0.0773. The number of rotatable bonds is 5. The molecule has 2 atom stereocenters. The van der Waals surface area contributed by atoms with E-state index in [0.717, 1.165) is 30.6 Å². The van der Waals surface area contributed by atoms with Crippen LogP contribution in [0.1, 0.15) is 31.5 Å². The largest absolute Gasteiger partial charge is 0.493 e. The van der Waals surface area contributed by atoms with Crippen LogP contribution >= 0.6 is 11.6 Å². The van der Waals surface area contributed by atoms with Gasteiger partial charge in [0.1, 0.15) is 6.17 Å². The summed E-state index contributed by atoms with van der Waals surface area (Å²) in [4.78, 5) is 17.3. The number of carbonyl (C=O) groups excluding carboxylic acids is 1. The second kappa shape index (κ2) is 7.41. The van der Waals surface area contributed by atoms with Gasteiger partial charge in [0.2, 0.25) is 5.91 Å². The molecule has 2 heterocycles. The summed E-state index contributed by atoms with van der Waals surface area (Å²) in [6.45, 7) is 3.41. The Bertz CT molecular complexity index is 857. The highest BCUT2D eigenvalue weighted by Gasteiger charge is 2.49. The molecule has 27 heavy (non-hydrogen) atoms. The molecule has 2 aliphatic heterocycles. The standard InChI is InChI=1S/C21H23ClN2O3/c1-3-27-18-10-9-14(12-19(18)26-2)20-23-11-5-8-17(23)21(25)24(20)16-7-4-6-15(22)13-16/h4,6-7,9-10,12-13,17,20H,3,5,8,11H2,1-2H3/t17-,20+/m1/s1. The van der Waals surface area contributed by atoms with Gasteiger partial charge in [-0.25, -0.2) is 0 Å². The van der Waals surface area contributed by atoms with Crippen molar-refractivity contribution in [3.63, 3.8) is 0 Å². The average Bonchev–Trinajstić information content (AvgIpc) is 3.24. The predicted molar refractivity (Wildman–Crippen MR) is 106 cm³/mol. The Hall–Kier alpha value is -2.24. The first-order valence-electron chi connectivity index (χ1n) is 9.29. The summed E-state index contributed by atoms with van der Waals surface area (Å²) >= 11 is 6.20. The Morgan fingerprint density at radius 1 is 1.19 bits per heavy atom. The number of hydrogen-bond donors (Lipinski definition) is 0. The van der Waals surface area contributed by atoms with Gasteiger partial charge >= 0.3 is 0 Å². The minimum Gasteiger partial charge on any atom is -0.493 e. The van der Waals surface area contributed by atoms with Crippen molar-refractivity contribution in [2.45, 2.75) is 32.0 Å². The molecule has 5 nitrogen and oxygen atoms in total. The highest BCUT2D eigenvalue weighted by Crippen LogP contribution is 2.44. The lowest BCUT2D eigenvalue weighted by Crippen LogP contribution is -2.32. The number of carbonyl (C=O) groups is 1. The van der Waals surface area contributed by atoms with Crippen LogP contribution in [-0.2, 0) is 4.79 Å². The molecule has 0 saturated carbocycles. The summed E-state index contributed by atoms with van der Waals surface area (Å²) in [7, 11) is 1.63. The summed E-state index contributed by atoms with van der Waals surface area (Å²) in [6, 6.07) is 13.3. The third-order valence-corrected chi connectivity index (χ3v) is 5.48. The molecule has 1 amide bonds. The fourth-order valence-electron chi connectivity index (χ4n) is 4.13. The van der Waals surface area contributed by atoms with Gasteiger partial charge in [0.05, 0.1) is 19.8 Å². The predicted octanol–water partition coefficient (Wildman–Crippen LogP) is 4.26. The first-order chi connectivity index (χ1) is 13.1. The Labute approximate surface area is 164 Å². The quantitative estimate of drug-likeness (QED) is 0.770. The normalized spacial score (nSPS) is 22.2. The third kappa shape index (κ3) is 3.15. The molecule has 2 aromatic rings. The first kappa shape index (κ1) is 18.1. The molecule has 0 radical (unpaired) electrons. The number of ether oxygens (including phenoxy) is 2. The van der Waals surface area contributed by atoms with Gasteiger partial charge in [0.15, 0.2) is 11.5 Å². The Kier molecular flexibility index (Phi) is 4.98. The molecule has 4 rings (SSSR count). The molecule has 2 aromatic carbocycles. The van der Waals surface area contributed by atoms with Gasteiger partial charge in [-0.3, -0.25) is 14.6 Å². The summed E-state index contributed by atoms with van der Waals surface area (Å²) in [5, 5.41) is 0.621. The number of halogens is 1. The maximum atomic E-state index is 13.2. The van der Waals surface area contributed by atoms with Crippen molar-refractivity contribution in [1.29, 1.82) is 0 Å². The monoisotopic (exact) mass is 386 g/mol. The zero-order chi connectivity index (χ0) is 19.0. The van der Waals surface area contributed by atoms with E-state index in [2.05, 4.69) is 4.90 Å². The van der Waals surface area contributed by atoms with Gasteiger partial charge in [-0.2, -0.15) is 0 Å². The van der Waals surface area contributed by atoms with Crippen molar-refractivity contribution >= 4 is 23.2 Å². The third-order valence-electron chi connectivity index (χ3n) is 5.25. The highest BCUT2D eigenvalue weighted by atomic mass is 35.5. The van der Waals surface area contributed by atoms with Crippen LogP contribution in [-0.4, -0.2) is 37.1 Å². The van der Waals surface area contributed by atoms with E-state index in [1.807, 2.05) is 54.3 Å². The van der Waals surface area contributed by atoms with Crippen LogP contribution in [0.2, 0.25) is 5.02 Å². The summed E-state index contributed by atoms with van der Waals surface area (Å²) in [5.41, 5.74) is 1.83. The van der Waals surface area contributed by atoms with E-state index in [1.54, 1.807) is 7.11 Å². The Morgan fingerprint density at radius 2 is 2.04 bits per heavy atom. The second-order valence-corrected chi connectivity index (χ2v) is 7.24. The maximum Gasteiger partial charge on any atom is 0.246 e. The van der Waals surface area contributed by atoms with Crippen molar-refractivity contribution in [2.75, 3.05) is 25.2 Å². The van der Waals surface area contributed by atoms with Crippen LogP contribution in [0.4, 0.5) is 5.69 Å². The Morgan fingerprint density at radius 3 is 2.78 bits per heavy atom. The lowest BCUT2D eigenvalue weighted by Gasteiger charge is -2.30. The van der Waals surface area contributed by atoms with E-state index in [4.69, 9.17) is 21.1 Å². The SMILES string of the molecule is CCOc1ccc([C@@H]2N(c3cccc(Cl)c3)C(=O)[C@H]3CCCN32)cc1OC. The van der Waals surface area contributed by atoms with Crippen LogP contribution in [0.5, 0.6) is 11.5 Å². The maximum absolute atomic E-state index is 13.2. The van der Waals surface area contributed by atoms with Gasteiger partial charge in [-0.1, -0.05) is 23.7 Å². The van der Waals surface area contributed by atoms with E-state index in [1.165, 1.54) is 0 Å². The number of methoxy groups -OCH3 is 1. The van der Waals surface area contributed by atoms with Crippen molar-refractivity contribution in [1.82, 2.24) is 4.90 Å². The number of nitrogens with zero attached hydrogens (tertiary/aromatic N) is 2. The van der Waals surface area contributed by atoms with Gasteiger partial charge in [0, 0.05) is 17.3 Å². The first-order valence-corrected chi connectivity index (χ1v) is 9.67. The van der Waals surface area contributed by atoms with E-state index in [9.17, 15) is 4.79 Å². The number of anilines is 1. The summed E-state index contributed by atoms with van der Waals surface area (Å²) in [6.07, 6.45) is 1.75. The van der Waals surface area contributed by atoms with Gasteiger partial charge in [-0.05, 0) is 55.7 Å². The van der Waals surface area contributed by atoms with E-state index in [0.29, 0.717) is 23.1 Å². The lowest BCUT2D eigenvalue weighted by molar-refractivity contribution is -0.119. The van der Waals surface area contributed by atoms with E-state index in [-0.39, 0.29) is 18.1 Å². The van der Waals surface area contributed by atoms with Gasteiger partial charge in [0.25, 0.3) is 0 Å². The zero-order valence-electron chi connectivity index (χ0n) is 15.5. The average molecular weight is 387 g/mol. The fraction of sp³-hybridized carbons (Fsp3) is 0.381. The second-order valence-electron chi connectivity index (χ2n) is 6.80. The number of amides is 1. The Balaban J connectivity index is 1.79. The van der Waals surface area contributed by atoms with E-state index >= 15 is 0 Å². The minimum atomic E-state index is -0.173. The topological polar surface area (TPSA) is 42.0 Å². The smallest absolute Gasteiger partial charge is 0.246 e. The number of benzene rings is 2. The lowest BCUT2D eigenvalue weighted by atomic mass is 10.1. The molecule has 0 aliphatic carbocycles. The molecule has 0 N–H and O–H groups in total. The molecule has 0 bridgehead atoms. The van der Waals surface area contributed by atoms with Crippen LogP contribution < -0.4 is 14.4 Å². The zero-order valence-corrected chi connectivity index (χ0v) is 16.3. The highest BCUT2D eigenvalue weighted by molar-refractivity contribution is 6.31. The molecule has 6 heteroatoms. The molecule has 0 unspecified atom stereocenters. The van der Waals surface area contributed by atoms with Crippen LogP contribution in [0, 0.1) is 0 Å². The fourth-order valence-corrected chi connectivity index (χ4v) is 4.32. The van der Waals surface area contributed by atoms with Crippen LogP contribution in [0.3, 0.4) is 0 Å². The molecule has 0 aromatic heterocycles. The summed E-state index contributed by atoms with van der Waals surface area (Å²) in [5.74, 6) is 1.52. The van der Waals surface area contributed by atoms with Gasteiger partial charge in [-0.15, -0.1) is 0 Å². The molecule has 142 valence electrons. The molecule has 2 fully saturated rings. The molecule has 2 saturated heterocycles. The van der Waals surface area contributed by atoms with Gasteiger partial charge < -0.3 is 9.47 Å². The van der Waals surface area contributed by atoms with Crippen LogP contribution in [0.25, 0.3) is 0 Å². The van der Waals surface area contributed by atoms with Crippen molar-refractivity contribution in [2.24, 2.45) is 0 Å². The molecule has 0 spiro atoms. The molecular formula is C21H23ClN2O3. The van der Waals surface area contributed by atoms with Crippen molar-refractivity contribution in [3.05, 3.63) is 53.1 Å². The number of fused-ring (bicyclic) bond motifs is 1. The number of hydrogen-bond acceptors (Lipinski definition) is 4. The summed E-state index contributed by atoms with van der Waals surface area (Å²) < 4.78 is 11.2. The molecule has 2 aliphatic rings.